The van der Waals surface area contributed by atoms with Gasteiger partial charge in [0.1, 0.15) is 0 Å². The summed E-state index contributed by atoms with van der Waals surface area (Å²) < 4.78 is 0. The summed E-state index contributed by atoms with van der Waals surface area (Å²) in [6.45, 7) is 2.93. The molecule has 0 bridgehead atoms. The van der Waals surface area contributed by atoms with Crippen molar-refractivity contribution >= 4 is 5.91 Å². The number of benzene rings is 1. The Bertz CT molecular complexity index is 324. The standard InChI is InChI=1S/C14H21NO2/c1-12(13-6-3-2-4-7-13)9-10-15-14(17)8-5-11-16/h2-4,6-7,12,16H,5,8-11H2,1H3,(H,15,17). The number of carbonyl (C=O) groups is 1. The quantitative estimate of drug-likeness (QED) is 0.760. The zero-order chi connectivity index (χ0) is 12.5. The first kappa shape index (κ1) is 13.7. The molecule has 2 N–H and O–H groups in total. The Labute approximate surface area is 103 Å². The molecule has 0 aromatic heterocycles. The zero-order valence-electron chi connectivity index (χ0n) is 10.4. The predicted molar refractivity (Wildman–Crippen MR) is 68.8 cm³/mol. The maximum atomic E-state index is 11.3. The second kappa shape index (κ2) is 7.85. The van der Waals surface area contributed by atoms with Crippen molar-refractivity contribution in [1.29, 1.82) is 0 Å². The highest BCUT2D eigenvalue weighted by Crippen LogP contribution is 2.17. The van der Waals surface area contributed by atoms with Gasteiger partial charge in [-0.3, -0.25) is 4.79 Å². The highest BCUT2D eigenvalue weighted by molar-refractivity contribution is 5.75. The van der Waals surface area contributed by atoms with Crippen molar-refractivity contribution in [2.45, 2.75) is 32.1 Å². The van der Waals surface area contributed by atoms with Crippen molar-refractivity contribution in [3.05, 3.63) is 35.9 Å². The SMILES string of the molecule is CC(CCNC(=O)CCCO)c1ccccc1. The Kier molecular flexibility index (Phi) is 6.33. The van der Waals surface area contributed by atoms with Gasteiger partial charge in [0.2, 0.25) is 5.91 Å². The van der Waals surface area contributed by atoms with E-state index in [0.717, 1.165) is 6.42 Å². The van der Waals surface area contributed by atoms with E-state index in [1.165, 1.54) is 5.56 Å². The molecule has 0 aliphatic heterocycles. The van der Waals surface area contributed by atoms with Gasteiger partial charge in [-0.05, 0) is 24.3 Å². The lowest BCUT2D eigenvalue weighted by Gasteiger charge is -2.12. The van der Waals surface area contributed by atoms with E-state index < -0.39 is 0 Å². The van der Waals surface area contributed by atoms with Gasteiger partial charge in [0.25, 0.3) is 0 Å². The fourth-order valence-corrected chi connectivity index (χ4v) is 1.70. The highest BCUT2D eigenvalue weighted by atomic mass is 16.3. The van der Waals surface area contributed by atoms with Gasteiger partial charge < -0.3 is 10.4 Å². The van der Waals surface area contributed by atoms with E-state index in [1.54, 1.807) is 0 Å². The summed E-state index contributed by atoms with van der Waals surface area (Å²) in [5.41, 5.74) is 1.30. The largest absolute Gasteiger partial charge is 0.396 e. The molecule has 94 valence electrons. The average molecular weight is 235 g/mol. The molecule has 1 rings (SSSR count). The molecule has 0 saturated carbocycles. The Morgan fingerprint density at radius 1 is 1.35 bits per heavy atom. The fourth-order valence-electron chi connectivity index (χ4n) is 1.70. The van der Waals surface area contributed by atoms with E-state index in [-0.39, 0.29) is 12.5 Å². The summed E-state index contributed by atoms with van der Waals surface area (Å²) in [4.78, 5) is 11.3. The number of nitrogens with one attached hydrogen (secondary N) is 1. The van der Waals surface area contributed by atoms with Crippen LogP contribution in [0.25, 0.3) is 0 Å². The van der Waals surface area contributed by atoms with Crippen LogP contribution in [0.1, 0.15) is 37.7 Å². The van der Waals surface area contributed by atoms with Crippen LogP contribution in [0, 0.1) is 0 Å². The molecule has 0 fully saturated rings. The molecule has 1 unspecified atom stereocenters. The maximum absolute atomic E-state index is 11.3. The third kappa shape index (κ3) is 5.50. The van der Waals surface area contributed by atoms with Crippen LogP contribution in [0.3, 0.4) is 0 Å². The summed E-state index contributed by atoms with van der Waals surface area (Å²) in [5.74, 6) is 0.480. The fraction of sp³-hybridized carbons (Fsp3) is 0.500. The Balaban J connectivity index is 2.20. The van der Waals surface area contributed by atoms with Gasteiger partial charge in [0, 0.05) is 19.6 Å². The molecule has 3 heteroatoms. The monoisotopic (exact) mass is 235 g/mol. The molecule has 0 heterocycles. The predicted octanol–water partition coefficient (Wildman–Crippen LogP) is 2.07. The summed E-state index contributed by atoms with van der Waals surface area (Å²) in [6.07, 6.45) is 1.89. The van der Waals surface area contributed by atoms with Crippen LogP contribution in [-0.2, 0) is 4.79 Å². The van der Waals surface area contributed by atoms with Crippen molar-refractivity contribution in [3.63, 3.8) is 0 Å². The minimum absolute atomic E-state index is 0.0271. The lowest BCUT2D eigenvalue weighted by atomic mass is 9.98. The van der Waals surface area contributed by atoms with Crippen LogP contribution in [0.2, 0.25) is 0 Å². The van der Waals surface area contributed by atoms with Crippen LogP contribution in [0.15, 0.2) is 30.3 Å². The molecular formula is C14H21NO2. The Morgan fingerprint density at radius 3 is 2.71 bits per heavy atom. The van der Waals surface area contributed by atoms with Gasteiger partial charge in [-0.25, -0.2) is 0 Å². The maximum Gasteiger partial charge on any atom is 0.220 e. The van der Waals surface area contributed by atoms with E-state index in [0.29, 0.717) is 25.3 Å². The summed E-state index contributed by atoms with van der Waals surface area (Å²) in [5, 5.41) is 11.5. The van der Waals surface area contributed by atoms with E-state index in [9.17, 15) is 4.79 Å². The smallest absolute Gasteiger partial charge is 0.220 e. The summed E-state index contributed by atoms with van der Waals surface area (Å²) in [7, 11) is 0. The number of aliphatic hydroxyl groups excluding tert-OH is 1. The molecule has 1 aromatic rings. The number of hydrogen-bond donors (Lipinski definition) is 2. The van der Waals surface area contributed by atoms with Gasteiger partial charge in [-0.1, -0.05) is 37.3 Å². The van der Waals surface area contributed by atoms with E-state index in [2.05, 4.69) is 24.4 Å². The molecule has 1 aromatic carbocycles. The Hall–Kier alpha value is -1.35. The Morgan fingerprint density at radius 2 is 2.06 bits per heavy atom. The number of hydrogen-bond acceptors (Lipinski definition) is 2. The first-order valence-corrected chi connectivity index (χ1v) is 6.16. The number of aliphatic hydroxyl groups is 1. The van der Waals surface area contributed by atoms with Gasteiger partial charge in [-0.2, -0.15) is 0 Å². The summed E-state index contributed by atoms with van der Waals surface area (Å²) >= 11 is 0. The molecule has 17 heavy (non-hydrogen) atoms. The number of rotatable bonds is 7. The van der Waals surface area contributed by atoms with Crippen molar-refractivity contribution in [2.75, 3.05) is 13.2 Å². The summed E-state index contributed by atoms with van der Waals surface area (Å²) in [6, 6.07) is 10.3. The first-order valence-electron chi connectivity index (χ1n) is 6.16. The molecule has 0 radical (unpaired) electrons. The van der Waals surface area contributed by atoms with Gasteiger partial charge in [0.15, 0.2) is 0 Å². The van der Waals surface area contributed by atoms with Gasteiger partial charge >= 0.3 is 0 Å². The molecule has 1 amide bonds. The lowest BCUT2D eigenvalue weighted by Crippen LogP contribution is -2.25. The molecule has 0 spiro atoms. The minimum atomic E-state index is 0.0271. The normalized spacial score (nSPS) is 12.1. The van der Waals surface area contributed by atoms with Crippen molar-refractivity contribution in [2.24, 2.45) is 0 Å². The van der Waals surface area contributed by atoms with E-state index >= 15 is 0 Å². The van der Waals surface area contributed by atoms with Crippen LogP contribution < -0.4 is 5.32 Å². The number of amides is 1. The topological polar surface area (TPSA) is 49.3 Å². The van der Waals surface area contributed by atoms with Crippen molar-refractivity contribution < 1.29 is 9.90 Å². The average Bonchev–Trinajstić information content (AvgIpc) is 2.37. The second-order valence-corrected chi connectivity index (χ2v) is 4.28. The third-order valence-corrected chi connectivity index (χ3v) is 2.83. The minimum Gasteiger partial charge on any atom is -0.396 e. The van der Waals surface area contributed by atoms with Crippen LogP contribution in [-0.4, -0.2) is 24.2 Å². The second-order valence-electron chi connectivity index (χ2n) is 4.28. The first-order chi connectivity index (χ1) is 8.24. The molecule has 0 saturated heterocycles. The van der Waals surface area contributed by atoms with Gasteiger partial charge in [-0.15, -0.1) is 0 Å². The van der Waals surface area contributed by atoms with Crippen LogP contribution in [0.4, 0.5) is 0 Å². The number of carbonyl (C=O) groups excluding carboxylic acids is 1. The van der Waals surface area contributed by atoms with Crippen LogP contribution in [0.5, 0.6) is 0 Å². The zero-order valence-corrected chi connectivity index (χ0v) is 10.4. The third-order valence-electron chi connectivity index (χ3n) is 2.83. The molecule has 1 atom stereocenters. The molecular weight excluding hydrogens is 214 g/mol. The molecule has 0 aliphatic rings. The van der Waals surface area contributed by atoms with Crippen molar-refractivity contribution in [1.82, 2.24) is 5.32 Å². The van der Waals surface area contributed by atoms with Gasteiger partial charge in [0.05, 0.1) is 0 Å². The lowest BCUT2D eigenvalue weighted by molar-refractivity contribution is -0.121. The van der Waals surface area contributed by atoms with E-state index in [1.807, 2.05) is 18.2 Å². The van der Waals surface area contributed by atoms with E-state index in [4.69, 9.17) is 5.11 Å². The van der Waals surface area contributed by atoms with Crippen molar-refractivity contribution in [3.8, 4) is 0 Å². The highest BCUT2D eigenvalue weighted by Gasteiger charge is 2.05. The molecule has 0 aliphatic carbocycles. The van der Waals surface area contributed by atoms with Crippen LogP contribution >= 0.6 is 0 Å². The molecule has 3 nitrogen and oxygen atoms in total.